The van der Waals surface area contributed by atoms with Crippen molar-refractivity contribution in [2.45, 2.75) is 13.0 Å². The Bertz CT molecular complexity index is 321. The van der Waals surface area contributed by atoms with Gasteiger partial charge >= 0.3 is 0 Å². The van der Waals surface area contributed by atoms with Crippen LogP contribution >= 0.6 is 11.6 Å². The summed E-state index contributed by atoms with van der Waals surface area (Å²) in [4.78, 5) is 13.0. The molecule has 1 rings (SSSR count). The zero-order valence-corrected chi connectivity index (χ0v) is 8.95. The topological polar surface area (TPSA) is 46.3 Å². The molecule has 0 aromatic heterocycles. The molecule has 1 aromatic carbocycles. The Morgan fingerprint density at radius 1 is 1.43 bits per heavy atom. The van der Waals surface area contributed by atoms with Crippen LogP contribution in [0.2, 0.25) is 5.02 Å². The van der Waals surface area contributed by atoms with Gasteiger partial charge in [-0.2, -0.15) is 0 Å². The number of hydrogen-bond acceptors (Lipinski definition) is 2. The van der Waals surface area contributed by atoms with Crippen molar-refractivity contribution in [3.8, 4) is 0 Å². The maximum Gasteiger partial charge on any atom is 0.243 e. The predicted octanol–water partition coefficient (Wildman–Crippen LogP) is 1.65. The Morgan fingerprint density at radius 2 is 1.93 bits per heavy atom. The molecule has 1 aromatic rings. The number of hydrogen-bond donors (Lipinski definition) is 1. The summed E-state index contributed by atoms with van der Waals surface area (Å²) in [5, 5.41) is 0.649. The van der Waals surface area contributed by atoms with Crippen LogP contribution in [-0.4, -0.2) is 19.0 Å². The lowest BCUT2D eigenvalue weighted by Crippen LogP contribution is -2.39. The molecule has 0 fully saturated rings. The van der Waals surface area contributed by atoms with Crippen LogP contribution in [0, 0.1) is 0 Å². The van der Waals surface area contributed by atoms with Crippen molar-refractivity contribution in [1.29, 1.82) is 0 Å². The molecular weight excluding hydrogens is 200 g/mol. The first-order valence-electron chi connectivity index (χ1n) is 4.31. The van der Waals surface area contributed by atoms with E-state index in [9.17, 15) is 4.79 Å². The summed E-state index contributed by atoms with van der Waals surface area (Å²) in [5.41, 5.74) is 6.28. The fraction of sp³-hybridized carbons (Fsp3) is 0.300. The van der Waals surface area contributed by atoms with Crippen molar-refractivity contribution >= 4 is 23.2 Å². The second-order valence-electron chi connectivity index (χ2n) is 3.16. The van der Waals surface area contributed by atoms with E-state index in [1.165, 1.54) is 4.90 Å². The lowest BCUT2D eigenvalue weighted by molar-refractivity contribution is -0.119. The Labute approximate surface area is 88.5 Å². The molecule has 3 nitrogen and oxygen atoms in total. The zero-order valence-electron chi connectivity index (χ0n) is 8.20. The van der Waals surface area contributed by atoms with Crippen molar-refractivity contribution in [2.24, 2.45) is 5.73 Å². The highest BCUT2D eigenvalue weighted by Gasteiger charge is 2.14. The number of anilines is 1. The summed E-state index contributed by atoms with van der Waals surface area (Å²) >= 11 is 5.73. The molecule has 0 aliphatic rings. The molecule has 0 heterocycles. The quantitative estimate of drug-likeness (QED) is 0.811. The minimum Gasteiger partial charge on any atom is -0.320 e. The van der Waals surface area contributed by atoms with Crippen LogP contribution in [0.25, 0.3) is 0 Å². The van der Waals surface area contributed by atoms with E-state index in [-0.39, 0.29) is 5.91 Å². The van der Waals surface area contributed by atoms with Gasteiger partial charge in [0.15, 0.2) is 0 Å². The lowest BCUT2D eigenvalue weighted by atomic mass is 10.2. The van der Waals surface area contributed by atoms with E-state index < -0.39 is 6.04 Å². The van der Waals surface area contributed by atoms with Crippen LogP contribution in [0.4, 0.5) is 5.69 Å². The zero-order chi connectivity index (χ0) is 10.7. The number of carbonyl (C=O) groups excluding carboxylic acids is 1. The highest BCUT2D eigenvalue weighted by molar-refractivity contribution is 6.30. The van der Waals surface area contributed by atoms with E-state index in [1.807, 2.05) is 0 Å². The molecule has 0 aliphatic carbocycles. The number of benzene rings is 1. The van der Waals surface area contributed by atoms with Crippen molar-refractivity contribution in [3.05, 3.63) is 29.3 Å². The third-order valence-corrected chi connectivity index (χ3v) is 2.19. The summed E-state index contributed by atoms with van der Waals surface area (Å²) in [7, 11) is 1.69. The molecule has 0 bridgehead atoms. The first-order valence-corrected chi connectivity index (χ1v) is 4.69. The van der Waals surface area contributed by atoms with E-state index in [1.54, 1.807) is 38.2 Å². The van der Waals surface area contributed by atoms with E-state index in [2.05, 4.69) is 0 Å². The van der Waals surface area contributed by atoms with Gasteiger partial charge in [0.1, 0.15) is 0 Å². The molecule has 0 aliphatic heterocycles. The van der Waals surface area contributed by atoms with Crippen molar-refractivity contribution in [3.63, 3.8) is 0 Å². The fourth-order valence-electron chi connectivity index (χ4n) is 1.10. The summed E-state index contributed by atoms with van der Waals surface area (Å²) in [6.07, 6.45) is 0. The first-order chi connectivity index (χ1) is 6.52. The van der Waals surface area contributed by atoms with Gasteiger partial charge in [0.2, 0.25) is 5.91 Å². The van der Waals surface area contributed by atoms with Gasteiger partial charge in [-0.25, -0.2) is 0 Å². The van der Waals surface area contributed by atoms with Gasteiger partial charge in [-0.15, -0.1) is 0 Å². The highest BCUT2D eigenvalue weighted by Crippen LogP contribution is 2.17. The number of carbonyl (C=O) groups is 1. The average molecular weight is 213 g/mol. The number of nitrogens with two attached hydrogens (primary N) is 1. The van der Waals surface area contributed by atoms with E-state index in [4.69, 9.17) is 17.3 Å². The maximum atomic E-state index is 11.5. The van der Waals surface area contributed by atoms with Crippen LogP contribution in [0.1, 0.15) is 6.92 Å². The van der Waals surface area contributed by atoms with Crippen LogP contribution < -0.4 is 10.6 Å². The largest absolute Gasteiger partial charge is 0.320 e. The summed E-state index contributed by atoms with van der Waals surface area (Å²) in [6.45, 7) is 1.66. The Kier molecular flexibility index (Phi) is 3.49. The molecule has 2 N–H and O–H groups in total. The van der Waals surface area contributed by atoms with Crippen LogP contribution in [0.3, 0.4) is 0 Å². The fourth-order valence-corrected chi connectivity index (χ4v) is 1.22. The molecule has 0 saturated heterocycles. The average Bonchev–Trinajstić information content (AvgIpc) is 2.16. The van der Waals surface area contributed by atoms with Crippen LogP contribution in [-0.2, 0) is 4.79 Å². The van der Waals surface area contributed by atoms with Gasteiger partial charge in [-0.3, -0.25) is 4.79 Å². The SMILES string of the molecule is C[C@H](N)C(=O)N(C)c1ccc(Cl)cc1. The second-order valence-corrected chi connectivity index (χ2v) is 3.60. The van der Waals surface area contributed by atoms with Crippen LogP contribution in [0.15, 0.2) is 24.3 Å². The standard InChI is InChI=1S/C10H13ClN2O/c1-7(12)10(14)13(2)9-5-3-8(11)4-6-9/h3-7H,12H2,1-2H3/t7-/m0/s1. The molecule has 0 saturated carbocycles. The van der Waals surface area contributed by atoms with Gasteiger partial charge in [0, 0.05) is 17.8 Å². The number of amides is 1. The third-order valence-electron chi connectivity index (χ3n) is 1.93. The van der Waals surface area contributed by atoms with Crippen molar-refractivity contribution < 1.29 is 4.79 Å². The monoisotopic (exact) mass is 212 g/mol. The number of likely N-dealkylation sites (N-methyl/N-ethyl adjacent to an activating group) is 1. The molecular formula is C10H13ClN2O. The molecule has 4 heteroatoms. The van der Waals surface area contributed by atoms with Gasteiger partial charge in [0.05, 0.1) is 6.04 Å². The number of rotatable bonds is 2. The van der Waals surface area contributed by atoms with Crippen molar-refractivity contribution in [2.75, 3.05) is 11.9 Å². The number of nitrogens with zero attached hydrogens (tertiary/aromatic N) is 1. The summed E-state index contributed by atoms with van der Waals surface area (Å²) in [5.74, 6) is -0.118. The summed E-state index contributed by atoms with van der Waals surface area (Å²) < 4.78 is 0. The molecule has 0 unspecified atom stereocenters. The van der Waals surface area contributed by atoms with Gasteiger partial charge < -0.3 is 10.6 Å². The minimum absolute atomic E-state index is 0.118. The van der Waals surface area contributed by atoms with Gasteiger partial charge in [-0.05, 0) is 31.2 Å². The highest BCUT2D eigenvalue weighted by atomic mass is 35.5. The third kappa shape index (κ3) is 2.47. The Hall–Kier alpha value is -1.06. The van der Waals surface area contributed by atoms with E-state index >= 15 is 0 Å². The Balaban J connectivity index is 2.84. The molecule has 1 atom stereocenters. The maximum absolute atomic E-state index is 11.5. The minimum atomic E-state index is -0.490. The van der Waals surface area contributed by atoms with Crippen LogP contribution in [0.5, 0.6) is 0 Å². The molecule has 76 valence electrons. The second kappa shape index (κ2) is 4.44. The van der Waals surface area contributed by atoms with E-state index in [0.29, 0.717) is 5.02 Å². The normalized spacial score (nSPS) is 12.3. The van der Waals surface area contributed by atoms with E-state index in [0.717, 1.165) is 5.69 Å². The van der Waals surface area contributed by atoms with Gasteiger partial charge in [0.25, 0.3) is 0 Å². The lowest BCUT2D eigenvalue weighted by Gasteiger charge is -2.19. The molecule has 1 amide bonds. The Morgan fingerprint density at radius 3 is 2.36 bits per heavy atom. The van der Waals surface area contributed by atoms with Crippen molar-refractivity contribution in [1.82, 2.24) is 0 Å². The molecule has 0 radical (unpaired) electrons. The molecule has 14 heavy (non-hydrogen) atoms. The van der Waals surface area contributed by atoms with Gasteiger partial charge in [-0.1, -0.05) is 11.6 Å². The first kappa shape index (κ1) is 11.0. The number of halogens is 1. The molecule has 0 spiro atoms. The smallest absolute Gasteiger partial charge is 0.243 e. The predicted molar refractivity (Wildman–Crippen MR) is 58.5 cm³/mol. The summed E-state index contributed by atoms with van der Waals surface area (Å²) in [6, 6.07) is 6.55.